The summed E-state index contributed by atoms with van der Waals surface area (Å²) < 4.78 is 12.6. The number of allylic oxidation sites excluding steroid dienone is 1. The van der Waals surface area contributed by atoms with E-state index in [2.05, 4.69) is 13.0 Å². The molecule has 2 fully saturated rings. The SMILES string of the molecule is CC/C(=C\c1ccccc1O)CC[C@H]1OC[C@H]2C1=C(COc1ccccc1)C[C@H]1C(=O)N(Cc3cccs3)C(=O)[C@H]12. The summed E-state index contributed by atoms with van der Waals surface area (Å²) in [7, 11) is 0. The van der Waals surface area contributed by atoms with Crippen LogP contribution in [0.25, 0.3) is 6.08 Å². The van der Waals surface area contributed by atoms with Crippen LogP contribution in [0.4, 0.5) is 0 Å². The molecule has 2 amide bonds. The predicted octanol–water partition coefficient (Wildman–Crippen LogP) is 6.62. The Kier molecular flexibility index (Phi) is 8.08. The zero-order valence-electron chi connectivity index (χ0n) is 23.2. The summed E-state index contributed by atoms with van der Waals surface area (Å²) in [6, 6.07) is 21.0. The quantitative estimate of drug-likeness (QED) is 0.219. The molecule has 7 heteroatoms. The molecule has 0 bridgehead atoms. The lowest BCUT2D eigenvalue weighted by Crippen LogP contribution is -2.35. The molecule has 4 atom stereocenters. The normalized spacial score (nSPS) is 24.1. The van der Waals surface area contributed by atoms with Crippen LogP contribution in [0.1, 0.15) is 43.0 Å². The number of aromatic hydroxyl groups is 1. The zero-order chi connectivity index (χ0) is 28.3. The second-order valence-corrected chi connectivity index (χ2v) is 12.1. The number of carbonyl (C=O) groups is 2. The molecule has 2 aliphatic heterocycles. The van der Waals surface area contributed by atoms with E-state index in [1.165, 1.54) is 10.5 Å². The number of carbonyl (C=O) groups excluding carboxylic acids is 2. The lowest BCUT2D eigenvalue weighted by molar-refractivity contribution is -0.140. The third kappa shape index (κ3) is 5.61. The molecule has 0 radical (unpaired) electrons. The zero-order valence-corrected chi connectivity index (χ0v) is 24.0. The highest BCUT2D eigenvalue weighted by molar-refractivity contribution is 7.09. The van der Waals surface area contributed by atoms with Crippen molar-refractivity contribution in [2.24, 2.45) is 17.8 Å². The number of nitrogens with zero attached hydrogens (tertiary/aromatic N) is 1. The summed E-state index contributed by atoms with van der Waals surface area (Å²) in [5.41, 5.74) is 4.28. The molecule has 1 N–H and O–H groups in total. The summed E-state index contributed by atoms with van der Waals surface area (Å²) in [4.78, 5) is 29.8. The summed E-state index contributed by atoms with van der Waals surface area (Å²) in [5, 5.41) is 12.2. The molecule has 2 saturated heterocycles. The van der Waals surface area contributed by atoms with E-state index in [4.69, 9.17) is 9.47 Å². The van der Waals surface area contributed by atoms with Gasteiger partial charge in [-0.15, -0.1) is 11.3 Å². The van der Waals surface area contributed by atoms with Crippen LogP contribution in [-0.4, -0.2) is 41.1 Å². The van der Waals surface area contributed by atoms with Crippen LogP contribution in [-0.2, 0) is 20.9 Å². The third-order valence-electron chi connectivity index (χ3n) is 8.63. The molecule has 1 aromatic heterocycles. The number of likely N-dealkylation sites (tertiary alicyclic amines) is 1. The van der Waals surface area contributed by atoms with Gasteiger partial charge in [0.2, 0.25) is 11.8 Å². The highest BCUT2D eigenvalue weighted by Crippen LogP contribution is 2.50. The van der Waals surface area contributed by atoms with Crippen molar-refractivity contribution in [3.8, 4) is 11.5 Å². The minimum atomic E-state index is -0.384. The summed E-state index contributed by atoms with van der Waals surface area (Å²) >= 11 is 1.56. The van der Waals surface area contributed by atoms with Crippen molar-refractivity contribution in [3.05, 3.63) is 99.3 Å². The predicted molar refractivity (Wildman–Crippen MR) is 159 cm³/mol. The van der Waals surface area contributed by atoms with Crippen molar-refractivity contribution in [2.75, 3.05) is 13.2 Å². The first-order valence-corrected chi connectivity index (χ1v) is 15.3. The monoisotopic (exact) mass is 569 g/mol. The molecule has 3 heterocycles. The van der Waals surface area contributed by atoms with Gasteiger partial charge in [0.15, 0.2) is 0 Å². The molecule has 0 saturated carbocycles. The topological polar surface area (TPSA) is 76.1 Å². The lowest BCUT2D eigenvalue weighted by Gasteiger charge is -2.31. The maximum atomic E-state index is 13.7. The Morgan fingerprint density at radius 1 is 1.05 bits per heavy atom. The lowest BCUT2D eigenvalue weighted by atomic mass is 9.69. The maximum Gasteiger partial charge on any atom is 0.234 e. The Labute approximate surface area is 244 Å². The molecule has 1 aliphatic carbocycles. The third-order valence-corrected chi connectivity index (χ3v) is 9.49. The van der Waals surface area contributed by atoms with E-state index in [1.54, 1.807) is 17.4 Å². The minimum absolute atomic E-state index is 0.0723. The van der Waals surface area contributed by atoms with Crippen molar-refractivity contribution in [1.29, 1.82) is 0 Å². The molecule has 212 valence electrons. The highest BCUT2D eigenvalue weighted by atomic mass is 32.1. The first-order valence-electron chi connectivity index (χ1n) is 14.4. The number of phenolic OH excluding ortho intramolecular Hbond substituents is 1. The number of benzene rings is 2. The van der Waals surface area contributed by atoms with Gasteiger partial charge in [-0.3, -0.25) is 14.5 Å². The highest BCUT2D eigenvalue weighted by Gasteiger charge is 2.57. The fraction of sp³-hybridized carbons (Fsp3) is 0.353. The van der Waals surface area contributed by atoms with Gasteiger partial charge in [0, 0.05) is 16.4 Å². The minimum Gasteiger partial charge on any atom is -0.507 e. The van der Waals surface area contributed by atoms with Crippen LogP contribution in [0.5, 0.6) is 11.5 Å². The molecule has 3 aromatic rings. The van der Waals surface area contributed by atoms with Gasteiger partial charge in [0.25, 0.3) is 0 Å². The number of thiophene rings is 1. The van der Waals surface area contributed by atoms with Gasteiger partial charge in [0.1, 0.15) is 18.1 Å². The van der Waals surface area contributed by atoms with E-state index in [0.717, 1.165) is 46.6 Å². The van der Waals surface area contributed by atoms with E-state index in [-0.39, 0.29) is 41.4 Å². The molecule has 2 aromatic carbocycles. The molecule has 0 unspecified atom stereocenters. The molecule has 6 rings (SSSR count). The second-order valence-electron chi connectivity index (χ2n) is 11.0. The number of amides is 2. The van der Waals surface area contributed by atoms with Gasteiger partial charge in [-0.2, -0.15) is 0 Å². The number of hydrogen-bond acceptors (Lipinski definition) is 6. The Bertz CT molecular complexity index is 1460. The first-order chi connectivity index (χ1) is 20.0. The van der Waals surface area contributed by atoms with Gasteiger partial charge < -0.3 is 14.6 Å². The number of rotatable bonds is 10. The Morgan fingerprint density at radius 2 is 1.85 bits per heavy atom. The largest absolute Gasteiger partial charge is 0.507 e. The van der Waals surface area contributed by atoms with Gasteiger partial charge in [0.05, 0.1) is 31.1 Å². The van der Waals surface area contributed by atoms with Crippen molar-refractivity contribution < 1.29 is 24.2 Å². The van der Waals surface area contributed by atoms with Gasteiger partial charge >= 0.3 is 0 Å². The smallest absolute Gasteiger partial charge is 0.234 e. The van der Waals surface area contributed by atoms with E-state index in [0.29, 0.717) is 26.2 Å². The maximum absolute atomic E-state index is 13.7. The Balaban J connectivity index is 1.26. The molecule has 6 nitrogen and oxygen atoms in total. The molecule has 3 aliphatic rings. The van der Waals surface area contributed by atoms with E-state index in [1.807, 2.05) is 66.0 Å². The van der Waals surface area contributed by atoms with Crippen molar-refractivity contribution >= 4 is 29.2 Å². The first kappa shape index (κ1) is 27.5. The summed E-state index contributed by atoms with van der Waals surface area (Å²) in [6.07, 6.45) is 4.89. The van der Waals surface area contributed by atoms with Crippen LogP contribution in [0.15, 0.2) is 88.8 Å². The van der Waals surface area contributed by atoms with E-state index >= 15 is 0 Å². The van der Waals surface area contributed by atoms with Crippen LogP contribution in [0, 0.1) is 17.8 Å². The summed E-state index contributed by atoms with van der Waals surface area (Å²) in [5.74, 6) is 0.0229. The van der Waals surface area contributed by atoms with Gasteiger partial charge in [-0.05, 0) is 66.5 Å². The van der Waals surface area contributed by atoms with E-state index < -0.39 is 0 Å². The molecular formula is C34H35NO5S. The van der Waals surface area contributed by atoms with Crippen LogP contribution in [0.2, 0.25) is 0 Å². The number of para-hydroxylation sites is 2. The van der Waals surface area contributed by atoms with Crippen LogP contribution in [0.3, 0.4) is 0 Å². The van der Waals surface area contributed by atoms with Crippen molar-refractivity contribution in [2.45, 2.75) is 45.3 Å². The van der Waals surface area contributed by atoms with Crippen molar-refractivity contribution in [3.63, 3.8) is 0 Å². The fourth-order valence-electron chi connectivity index (χ4n) is 6.57. The van der Waals surface area contributed by atoms with Gasteiger partial charge in [-0.1, -0.05) is 61.0 Å². The standard InChI is InChI=1S/C34H35NO5S/c1-2-22(17-23-9-6-7-13-29(23)36)14-15-30-31-24(20-39-25-10-4-3-5-11-25)18-27-32(28(31)21-40-30)34(38)35(33(27)37)19-26-12-8-16-41-26/h3-13,16-17,27-28,30,32,36H,2,14-15,18-21H2,1H3/b22-17+/t27-,28+,30-,32-/m1/s1. The number of phenols is 1. The fourth-order valence-corrected chi connectivity index (χ4v) is 7.26. The average molecular weight is 570 g/mol. The molecular weight excluding hydrogens is 534 g/mol. The van der Waals surface area contributed by atoms with Crippen LogP contribution < -0.4 is 4.74 Å². The summed E-state index contributed by atoms with van der Waals surface area (Å²) in [6.45, 7) is 3.27. The molecule has 41 heavy (non-hydrogen) atoms. The van der Waals surface area contributed by atoms with Crippen LogP contribution >= 0.6 is 11.3 Å². The Hall–Kier alpha value is -3.68. The number of ether oxygens (including phenoxy) is 2. The van der Waals surface area contributed by atoms with E-state index in [9.17, 15) is 14.7 Å². The average Bonchev–Trinajstić information content (AvgIpc) is 3.72. The Morgan fingerprint density at radius 3 is 2.61 bits per heavy atom. The number of imide groups is 1. The van der Waals surface area contributed by atoms with Crippen molar-refractivity contribution in [1.82, 2.24) is 4.90 Å². The molecule has 0 spiro atoms. The van der Waals surface area contributed by atoms with Gasteiger partial charge in [-0.25, -0.2) is 0 Å². The number of fused-ring (bicyclic) bond motifs is 3. The second kappa shape index (κ2) is 12.0. The number of hydrogen-bond donors (Lipinski definition) is 1.